The lowest BCUT2D eigenvalue weighted by molar-refractivity contribution is 0.0651. The smallest absolute Gasteiger partial charge is 0.374 e. The molecule has 0 aliphatic carbocycles. The number of aromatic carboxylic acids is 1. The van der Waals surface area contributed by atoms with Gasteiger partial charge in [-0.05, 0) is 12.1 Å². The first-order chi connectivity index (χ1) is 9.63. The van der Waals surface area contributed by atoms with E-state index in [-0.39, 0.29) is 11.5 Å². The van der Waals surface area contributed by atoms with Gasteiger partial charge in [-0.3, -0.25) is 10.1 Å². The van der Waals surface area contributed by atoms with Crippen molar-refractivity contribution >= 4 is 38.6 Å². The summed E-state index contributed by atoms with van der Waals surface area (Å²) in [6.45, 7) is 0. The van der Waals surface area contributed by atoms with E-state index in [4.69, 9.17) is 5.11 Å². The minimum absolute atomic E-state index is 0.110. The molecule has 20 heavy (non-hydrogen) atoms. The molecule has 7 nitrogen and oxygen atoms in total. The van der Waals surface area contributed by atoms with Gasteiger partial charge in [0, 0.05) is 6.07 Å². The third kappa shape index (κ3) is 2.24. The van der Waals surface area contributed by atoms with Crippen LogP contribution in [0.1, 0.15) is 21.0 Å². The molecule has 0 spiro atoms. The largest absolute Gasteiger partial charge is 0.475 e. The van der Waals surface area contributed by atoms with Crippen molar-refractivity contribution in [1.29, 1.82) is 0 Å². The number of aromatic nitrogens is 2. The van der Waals surface area contributed by atoms with E-state index in [2.05, 4.69) is 20.0 Å². The molecule has 0 radical (unpaired) electrons. The van der Waals surface area contributed by atoms with Crippen LogP contribution in [0.15, 0.2) is 34.9 Å². The van der Waals surface area contributed by atoms with Gasteiger partial charge in [-0.15, -0.1) is 0 Å². The number of hydrogen-bond donors (Lipinski definition) is 2. The standard InChI is InChI=1S/C12H7N3O4S/c16-10(7-5-8(11(17)18)19-15-7)14-12-13-6-3-1-2-4-9(6)20-12/h1-5H,(H,17,18)(H,13,14,16). The zero-order valence-corrected chi connectivity index (χ0v) is 10.7. The highest BCUT2D eigenvalue weighted by Crippen LogP contribution is 2.25. The van der Waals surface area contributed by atoms with Crippen molar-refractivity contribution in [2.24, 2.45) is 0 Å². The van der Waals surface area contributed by atoms with Gasteiger partial charge in [0.1, 0.15) is 0 Å². The average molecular weight is 289 g/mol. The van der Waals surface area contributed by atoms with Gasteiger partial charge < -0.3 is 9.63 Å². The van der Waals surface area contributed by atoms with Gasteiger partial charge in [0.15, 0.2) is 10.8 Å². The summed E-state index contributed by atoms with van der Waals surface area (Å²) in [7, 11) is 0. The molecule has 0 aliphatic rings. The van der Waals surface area contributed by atoms with E-state index in [0.717, 1.165) is 16.3 Å². The summed E-state index contributed by atoms with van der Waals surface area (Å²) in [5, 5.41) is 15.1. The number of hydrogen-bond acceptors (Lipinski definition) is 6. The molecule has 2 heterocycles. The Bertz CT molecular complexity index is 775. The van der Waals surface area contributed by atoms with Crippen LogP contribution < -0.4 is 5.32 Å². The molecule has 2 N–H and O–H groups in total. The number of thiazole rings is 1. The van der Waals surface area contributed by atoms with Crippen LogP contribution >= 0.6 is 11.3 Å². The molecular formula is C12H7N3O4S. The number of benzene rings is 1. The lowest BCUT2D eigenvalue weighted by Gasteiger charge is -1.95. The zero-order valence-electron chi connectivity index (χ0n) is 9.86. The Morgan fingerprint density at radius 2 is 2.10 bits per heavy atom. The summed E-state index contributed by atoms with van der Waals surface area (Å²) >= 11 is 1.32. The molecular weight excluding hydrogens is 282 g/mol. The second-order valence-electron chi connectivity index (χ2n) is 3.82. The maximum absolute atomic E-state index is 11.9. The predicted molar refractivity (Wildman–Crippen MR) is 71.0 cm³/mol. The highest BCUT2D eigenvalue weighted by Gasteiger charge is 2.17. The molecule has 8 heteroatoms. The number of carboxylic acids is 1. The van der Waals surface area contributed by atoms with Gasteiger partial charge in [0.25, 0.3) is 5.91 Å². The first-order valence-electron chi connectivity index (χ1n) is 5.50. The fourth-order valence-electron chi connectivity index (χ4n) is 1.57. The van der Waals surface area contributed by atoms with Crippen molar-refractivity contribution in [2.75, 3.05) is 5.32 Å². The fourth-order valence-corrected chi connectivity index (χ4v) is 2.43. The van der Waals surface area contributed by atoms with E-state index in [0.29, 0.717) is 5.13 Å². The van der Waals surface area contributed by atoms with Crippen LogP contribution in [0.2, 0.25) is 0 Å². The van der Waals surface area contributed by atoms with Crippen LogP contribution in [0, 0.1) is 0 Å². The summed E-state index contributed by atoms with van der Waals surface area (Å²) in [5.41, 5.74) is 0.667. The number of carboxylic acid groups (broad SMARTS) is 1. The lowest BCUT2D eigenvalue weighted by atomic mass is 10.3. The van der Waals surface area contributed by atoms with Crippen molar-refractivity contribution in [3.63, 3.8) is 0 Å². The number of amides is 1. The molecule has 0 unspecified atom stereocenters. The topological polar surface area (TPSA) is 105 Å². The zero-order chi connectivity index (χ0) is 14.1. The monoisotopic (exact) mass is 289 g/mol. The van der Waals surface area contributed by atoms with Crippen LogP contribution in [0.4, 0.5) is 5.13 Å². The first-order valence-corrected chi connectivity index (χ1v) is 6.32. The van der Waals surface area contributed by atoms with Crippen molar-refractivity contribution < 1.29 is 19.2 Å². The molecule has 100 valence electrons. The summed E-state index contributed by atoms with van der Waals surface area (Å²) in [5.74, 6) is -2.24. The van der Waals surface area contributed by atoms with Gasteiger partial charge in [0.05, 0.1) is 10.2 Å². The van der Waals surface area contributed by atoms with Crippen molar-refractivity contribution in [3.05, 3.63) is 41.8 Å². The van der Waals surface area contributed by atoms with Crippen LogP contribution in [-0.4, -0.2) is 27.1 Å². The van der Waals surface area contributed by atoms with E-state index in [1.165, 1.54) is 11.3 Å². The third-order valence-corrected chi connectivity index (χ3v) is 3.42. The quantitative estimate of drug-likeness (QED) is 0.766. The molecule has 0 saturated carbocycles. The minimum atomic E-state index is -1.28. The number of nitrogens with one attached hydrogen (secondary N) is 1. The maximum atomic E-state index is 11.9. The Balaban J connectivity index is 1.82. The van der Waals surface area contributed by atoms with E-state index < -0.39 is 11.9 Å². The summed E-state index contributed by atoms with van der Waals surface area (Å²) < 4.78 is 5.46. The first kappa shape index (κ1) is 12.3. The highest BCUT2D eigenvalue weighted by atomic mass is 32.1. The van der Waals surface area contributed by atoms with Gasteiger partial charge in [-0.25, -0.2) is 9.78 Å². The minimum Gasteiger partial charge on any atom is -0.475 e. The number of carbonyl (C=O) groups is 2. The van der Waals surface area contributed by atoms with Gasteiger partial charge in [0.2, 0.25) is 5.76 Å². The lowest BCUT2D eigenvalue weighted by Crippen LogP contribution is -2.11. The molecule has 0 bridgehead atoms. The predicted octanol–water partition coefficient (Wildman–Crippen LogP) is 2.23. The number of para-hydroxylation sites is 1. The molecule has 1 aromatic carbocycles. The highest BCUT2D eigenvalue weighted by molar-refractivity contribution is 7.22. The number of carbonyl (C=O) groups excluding carboxylic acids is 1. The van der Waals surface area contributed by atoms with Gasteiger partial charge in [-0.2, -0.15) is 0 Å². The molecule has 1 amide bonds. The molecule has 0 fully saturated rings. The summed E-state index contributed by atoms with van der Waals surface area (Å²) in [6, 6.07) is 8.51. The van der Waals surface area contributed by atoms with Crippen LogP contribution in [0.3, 0.4) is 0 Å². The Labute approximate surface area is 115 Å². The van der Waals surface area contributed by atoms with Crippen LogP contribution in [0.5, 0.6) is 0 Å². The normalized spacial score (nSPS) is 10.6. The Kier molecular flexibility index (Phi) is 2.92. The van der Waals surface area contributed by atoms with Crippen molar-refractivity contribution in [3.8, 4) is 0 Å². The number of anilines is 1. The Morgan fingerprint density at radius 3 is 2.80 bits per heavy atom. The van der Waals surface area contributed by atoms with Crippen LogP contribution in [0.25, 0.3) is 10.2 Å². The van der Waals surface area contributed by atoms with Gasteiger partial charge in [-0.1, -0.05) is 28.6 Å². The molecule has 0 aliphatic heterocycles. The second kappa shape index (κ2) is 4.74. The van der Waals surface area contributed by atoms with Crippen molar-refractivity contribution in [2.45, 2.75) is 0 Å². The Hall–Kier alpha value is -2.74. The average Bonchev–Trinajstić information content (AvgIpc) is 3.04. The summed E-state index contributed by atoms with van der Waals surface area (Å²) in [4.78, 5) is 26.7. The molecule has 3 rings (SSSR count). The SMILES string of the molecule is O=C(Nc1nc2ccccc2s1)c1cc(C(=O)O)on1. The Morgan fingerprint density at radius 1 is 1.30 bits per heavy atom. The molecule has 3 aromatic rings. The van der Waals surface area contributed by atoms with E-state index in [9.17, 15) is 9.59 Å². The summed E-state index contributed by atoms with van der Waals surface area (Å²) in [6.07, 6.45) is 0. The second-order valence-corrected chi connectivity index (χ2v) is 4.85. The fraction of sp³-hybridized carbons (Fsp3) is 0. The van der Waals surface area contributed by atoms with E-state index in [1.807, 2.05) is 24.3 Å². The van der Waals surface area contributed by atoms with Crippen molar-refractivity contribution in [1.82, 2.24) is 10.1 Å². The maximum Gasteiger partial charge on any atom is 0.374 e. The van der Waals surface area contributed by atoms with E-state index in [1.54, 1.807) is 0 Å². The number of rotatable bonds is 3. The molecule has 2 aromatic heterocycles. The number of fused-ring (bicyclic) bond motifs is 1. The van der Waals surface area contributed by atoms with Gasteiger partial charge >= 0.3 is 5.97 Å². The van der Waals surface area contributed by atoms with Crippen LogP contribution in [-0.2, 0) is 0 Å². The molecule has 0 saturated heterocycles. The van der Waals surface area contributed by atoms with E-state index >= 15 is 0 Å². The molecule has 0 atom stereocenters. The number of nitrogens with zero attached hydrogens (tertiary/aromatic N) is 2. The third-order valence-electron chi connectivity index (χ3n) is 2.47.